The van der Waals surface area contributed by atoms with Crippen LogP contribution in [0.15, 0.2) is 48.5 Å². The van der Waals surface area contributed by atoms with Crippen LogP contribution in [0.4, 0.5) is 18.9 Å². The summed E-state index contributed by atoms with van der Waals surface area (Å²) in [7, 11) is 0. The number of amides is 1. The quantitative estimate of drug-likeness (QED) is 0.603. The molecular formula is C23H28F3N3O3. The van der Waals surface area contributed by atoms with E-state index in [1.165, 1.54) is 24.3 Å². The molecule has 1 aliphatic rings. The minimum absolute atomic E-state index is 0.00337. The molecule has 0 atom stereocenters. The van der Waals surface area contributed by atoms with Crippen LogP contribution >= 0.6 is 0 Å². The molecule has 6 nitrogen and oxygen atoms in total. The van der Waals surface area contributed by atoms with Gasteiger partial charge in [0.1, 0.15) is 17.6 Å². The highest BCUT2D eigenvalue weighted by molar-refractivity contribution is 5.75. The third-order valence-corrected chi connectivity index (χ3v) is 5.20. The molecule has 174 valence electrons. The van der Waals surface area contributed by atoms with Crippen LogP contribution in [0.3, 0.4) is 0 Å². The topological polar surface area (TPSA) is 76.8 Å². The van der Waals surface area contributed by atoms with Crippen LogP contribution in [0.25, 0.3) is 0 Å². The molecule has 1 aliphatic heterocycles. The number of rotatable bonds is 9. The van der Waals surface area contributed by atoms with Gasteiger partial charge in [-0.25, -0.2) is 0 Å². The number of hydrogen-bond acceptors (Lipinski definition) is 5. The van der Waals surface area contributed by atoms with E-state index in [4.69, 9.17) is 10.5 Å². The van der Waals surface area contributed by atoms with Gasteiger partial charge in [-0.15, -0.1) is 13.2 Å². The van der Waals surface area contributed by atoms with Crippen LogP contribution in [-0.4, -0.2) is 38.0 Å². The molecule has 1 saturated heterocycles. The van der Waals surface area contributed by atoms with Crippen LogP contribution in [0.5, 0.6) is 11.5 Å². The van der Waals surface area contributed by atoms with Gasteiger partial charge in [-0.1, -0.05) is 12.1 Å². The third-order valence-electron chi connectivity index (χ3n) is 5.20. The molecule has 1 fully saturated rings. The SMILES string of the molecule is NCCCC(=O)NCc1ccc(N2CCC(Oc3ccc(OC(F)(F)F)cc3)CC2)cc1. The molecule has 0 aromatic heterocycles. The number of ether oxygens (including phenoxy) is 2. The number of piperidine rings is 1. The van der Waals surface area contributed by atoms with Crippen molar-refractivity contribution in [2.75, 3.05) is 24.5 Å². The second-order valence-electron chi connectivity index (χ2n) is 7.66. The zero-order valence-corrected chi connectivity index (χ0v) is 17.7. The van der Waals surface area contributed by atoms with E-state index < -0.39 is 6.36 Å². The van der Waals surface area contributed by atoms with Crippen molar-refractivity contribution >= 4 is 11.6 Å². The molecule has 0 bridgehead atoms. The maximum absolute atomic E-state index is 12.2. The summed E-state index contributed by atoms with van der Waals surface area (Å²) in [4.78, 5) is 14.0. The number of nitrogens with two attached hydrogens (primary N) is 1. The summed E-state index contributed by atoms with van der Waals surface area (Å²) in [5.74, 6) is 0.262. The minimum Gasteiger partial charge on any atom is -0.490 e. The Labute approximate surface area is 185 Å². The Morgan fingerprint density at radius 3 is 2.25 bits per heavy atom. The fourth-order valence-corrected chi connectivity index (χ4v) is 3.52. The Bertz CT molecular complexity index is 850. The van der Waals surface area contributed by atoms with E-state index in [0.29, 0.717) is 31.7 Å². The molecule has 9 heteroatoms. The van der Waals surface area contributed by atoms with Crippen LogP contribution in [0.1, 0.15) is 31.2 Å². The molecular weight excluding hydrogens is 423 g/mol. The Morgan fingerprint density at radius 1 is 1.03 bits per heavy atom. The van der Waals surface area contributed by atoms with E-state index in [-0.39, 0.29) is 17.8 Å². The summed E-state index contributed by atoms with van der Waals surface area (Å²) in [6.45, 7) is 2.63. The first-order valence-corrected chi connectivity index (χ1v) is 10.7. The van der Waals surface area contributed by atoms with E-state index in [9.17, 15) is 18.0 Å². The summed E-state index contributed by atoms with van der Waals surface area (Å²) in [6.07, 6.45) is -1.96. The number of carbonyl (C=O) groups excluding carboxylic acids is 1. The number of nitrogens with one attached hydrogen (secondary N) is 1. The summed E-state index contributed by atoms with van der Waals surface area (Å²) in [5.41, 5.74) is 7.55. The molecule has 0 saturated carbocycles. The van der Waals surface area contributed by atoms with Gasteiger partial charge in [0.2, 0.25) is 5.91 Å². The van der Waals surface area contributed by atoms with Crippen molar-refractivity contribution < 1.29 is 27.4 Å². The Hall–Kier alpha value is -2.94. The van der Waals surface area contributed by atoms with Gasteiger partial charge >= 0.3 is 6.36 Å². The Kier molecular flexibility index (Phi) is 8.21. The largest absolute Gasteiger partial charge is 0.573 e. The monoisotopic (exact) mass is 451 g/mol. The van der Waals surface area contributed by atoms with Crippen molar-refractivity contribution in [1.82, 2.24) is 5.32 Å². The summed E-state index contributed by atoms with van der Waals surface area (Å²) in [5, 5.41) is 2.89. The van der Waals surface area contributed by atoms with Crippen molar-refractivity contribution in [3.63, 3.8) is 0 Å². The van der Waals surface area contributed by atoms with Crippen molar-refractivity contribution in [3.8, 4) is 11.5 Å². The van der Waals surface area contributed by atoms with Gasteiger partial charge in [0.05, 0.1) is 0 Å². The van der Waals surface area contributed by atoms with Crippen molar-refractivity contribution in [1.29, 1.82) is 0 Å². The standard InChI is InChI=1S/C23H28F3N3O3/c24-23(25,26)32-21-9-7-19(8-10-21)31-20-11-14-29(15-12-20)18-5-3-17(4-6-18)16-28-22(30)2-1-13-27/h3-10,20H,1-2,11-16,27H2,(H,28,30). The molecule has 3 N–H and O–H groups in total. The fourth-order valence-electron chi connectivity index (χ4n) is 3.52. The molecule has 3 rings (SSSR count). The Balaban J connectivity index is 1.43. The van der Waals surface area contributed by atoms with Gasteiger partial charge in [-0.2, -0.15) is 0 Å². The normalized spacial score (nSPS) is 14.8. The molecule has 2 aromatic rings. The molecule has 0 aliphatic carbocycles. The molecule has 32 heavy (non-hydrogen) atoms. The lowest BCUT2D eigenvalue weighted by atomic mass is 10.1. The van der Waals surface area contributed by atoms with Gasteiger partial charge in [0, 0.05) is 44.6 Å². The fraction of sp³-hybridized carbons (Fsp3) is 0.435. The number of nitrogens with zero attached hydrogens (tertiary/aromatic N) is 1. The second-order valence-corrected chi connectivity index (χ2v) is 7.66. The smallest absolute Gasteiger partial charge is 0.490 e. The molecule has 0 unspecified atom stereocenters. The zero-order valence-electron chi connectivity index (χ0n) is 17.7. The predicted molar refractivity (Wildman–Crippen MR) is 116 cm³/mol. The van der Waals surface area contributed by atoms with Gasteiger partial charge in [0.25, 0.3) is 0 Å². The highest BCUT2D eigenvalue weighted by Gasteiger charge is 2.31. The lowest BCUT2D eigenvalue weighted by Crippen LogP contribution is -2.38. The lowest BCUT2D eigenvalue weighted by molar-refractivity contribution is -0.274. The maximum atomic E-state index is 12.2. The third kappa shape index (κ3) is 7.64. The second kappa shape index (κ2) is 11.1. The zero-order chi connectivity index (χ0) is 23.0. The van der Waals surface area contributed by atoms with Crippen LogP contribution in [0.2, 0.25) is 0 Å². The van der Waals surface area contributed by atoms with Crippen molar-refractivity contribution in [2.24, 2.45) is 5.73 Å². The highest BCUT2D eigenvalue weighted by Crippen LogP contribution is 2.27. The van der Waals surface area contributed by atoms with E-state index in [1.54, 1.807) is 0 Å². The van der Waals surface area contributed by atoms with E-state index in [2.05, 4.69) is 15.0 Å². The number of carbonyl (C=O) groups is 1. The predicted octanol–water partition coefficient (Wildman–Crippen LogP) is 3.99. The number of hydrogen-bond donors (Lipinski definition) is 2. The van der Waals surface area contributed by atoms with Crippen LogP contribution in [0, 0.1) is 0 Å². The number of benzene rings is 2. The number of halogens is 3. The number of anilines is 1. The van der Waals surface area contributed by atoms with Gasteiger partial charge < -0.3 is 25.4 Å². The van der Waals surface area contributed by atoms with Crippen molar-refractivity contribution in [3.05, 3.63) is 54.1 Å². The van der Waals surface area contributed by atoms with Crippen LogP contribution < -0.4 is 25.4 Å². The molecule has 1 amide bonds. The van der Waals surface area contributed by atoms with Crippen molar-refractivity contribution in [2.45, 2.75) is 44.7 Å². The molecule has 0 radical (unpaired) electrons. The average molecular weight is 451 g/mol. The van der Waals surface area contributed by atoms with E-state index in [0.717, 1.165) is 37.2 Å². The van der Waals surface area contributed by atoms with Gasteiger partial charge in [-0.3, -0.25) is 4.79 Å². The van der Waals surface area contributed by atoms with Gasteiger partial charge in [-0.05, 0) is 54.9 Å². The van der Waals surface area contributed by atoms with Crippen LogP contribution in [-0.2, 0) is 11.3 Å². The number of alkyl halides is 3. The van der Waals surface area contributed by atoms with E-state index in [1.807, 2.05) is 24.3 Å². The Morgan fingerprint density at radius 2 is 1.66 bits per heavy atom. The first kappa shape index (κ1) is 23.7. The average Bonchev–Trinajstić information content (AvgIpc) is 2.77. The summed E-state index contributed by atoms with van der Waals surface area (Å²) >= 11 is 0. The maximum Gasteiger partial charge on any atom is 0.573 e. The first-order chi connectivity index (χ1) is 15.3. The minimum atomic E-state index is -4.70. The summed E-state index contributed by atoms with van der Waals surface area (Å²) in [6, 6.07) is 13.6. The van der Waals surface area contributed by atoms with Gasteiger partial charge in [0.15, 0.2) is 0 Å². The molecule has 2 aromatic carbocycles. The molecule has 0 spiro atoms. The first-order valence-electron chi connectivity index (χ1n) is 10.7. The molecule has 1 heterocycles. The van der Waals surface area contributed by atoms with E-state index >= 15 is 0 Å². The highest BCUT2D eigenvalue weighted by atomic mass is 19.4. The lowest BCUT2D eigenvalue weighted by Gasteiger charge is -2.33. The summed E-state index contributed by atoms with van der Waals surface area (Å²) < 4.78 is 46.5.